The van der Waals surface area contributed by atoms with Crippen LogP contribution in [-0.4, -0.2) is 35.5 Å². The Hall–Kier alpha value is -1.59. The molecule has 0 radical (unpaired) electrons. The maximum Gasteiger partial charge on any atom is 0.326 e. The van der Waals surface area contributed by atoms with E-state index in [-0.39, 0.29) is 36.6 Å². The van der Waals surface area contributed by atoms with Crippen LogP contribution in [0.5, 0.6) is 0 Å². The monoisotopic (exact) mass is 284 g/mol. The molecule has 6 heteroatoms. The van der Waals surface area contributed by atoms with Gasteiger partial charge in [0.1, 0.15) is 6.04 Å². The predicted octanol–water partition coefficient (Wildman–Crippen LogP) is 0.764. The van der Waals surface area contributed by atoms with Crippen LogP contribution in [0.1, 0.15) is 40.0 Å². The molecule has 1 aliphatic carbocycles. The van der Waals surface area contributed by atoms with Crippen LogP contribution < -0.4 is 10.6 Å². The van der Waals surface area contributed by atoms with Crippen molar-refractivity contribution in [3.05, 3.63) is 0 Å². The highest BCUT2D eigenvalue weighted by atomic mass is 16.4. The van der Waals surface area contributed by atoms with Crippen LogP contribution in [-0.2, 0) is 14.4 Å². The molecule has 2 amide bonds. The maximum atomic E-state index is 11.7. The highest BCUT2D eigenvalue weighted by molar-refractivity contribution is 5.85. The Morgan fingerprint density at radius 3 is 2.40 bits per heavy atom. The minimum Gasteiger partial charge on any atom is -0.480 e. The van der Waals surface area contributed by atoms with Crippen LogP contribution in [0.3, 0.4) is 0 Å². The molecule has 0 bridgehead atoms. The van der Waals surface area contributed by atoms with Gasteiger partial charge in [-0.2, -0.15) is 0 Å². The quantitative estimate of drug-likeness (QED) is 0.613. The summed E-state index contributed by atoms with van der Waals surface area (Å²) in [5.41, 5.74) is 0. The normalized spacial score (nSPS) is 23.6. The van der Waals surface area contributed by atoms with Crippen molar-refractivity contribution in [1.82, 2.24) is 10.6 Å². The van der Waals surface area contributed by atoms with Crippen LogP contribution >= 0.6 is 0 Å². The van der Waals surface area contributed by atoms with Crippen LogP contribution in [0.2, 0.25) is 0 Å². The summed E-state index contributed by atoms with van der Waals surface area (Å²) in [7, 11) is 0. The molecular weight excluding hydrogens is 260 g/mol. The molecule has 0 heterocycles. The van der Waals surface area contributed by atoms with E-state index in [0.717, 1.165) is 6.42 Å². The Labute approximate surface area is 119 Å². The fourth-order valence-electron chi connectivity index (χ4n) is 2.05. The average Bonchev–Trinajstić information content (AvgIpc) is 3.11. The minimum absolute atomic E-state index is 0.0120. The highest BCUT2D eigenvalue weighted by Crippen LogP contribution is 2.37. The number of carboxylic acid groups (broad SMARTS) is 1. The van der Waals surface area contributed by atoms with Gasteiger partial charge in [0, 0.05) is 18.9 Å². The van der Waals surface area contributed by atoms with E-state index in [9.17, 15) is 14.4 Å². The molecule has 1 saturated carbocycles. The molecule has 3 N–H and O–H groups in total. The van der Waals surface area contributed by atoms with Crippen molar-refractivity contribution in [3.63, 3.8) is 0 Å². The van der Waals surface area contributed by atoms with Crippen molar-refractivity contribution in [1.29, 1.82) is 0 Å². The van der Waals surface area contributed by atoms with Gasteiger partial charge in [0.25, 0.3) is 0 Å². The first-order valence-corrected chi connectivity index (χ1v) is 7.16. The fourth-order valence-corrected chi connectivity index (χ4v) is 2.05. The van der Waals surface area contributed by atoms with Gasteiger partial charge in [-0.25, -0.2) is 4.79 Å². The third kappa shape index (κ3) is 4.83. The number of carbonyl (C=O) groups is 3. The number of aliphatic carboxylic acids is 1. The summed E-state index contributed by atoms with van der Waals surface area (Å²) in [6.45, 7) is 5.93. The van der Waals surface area contributed by atoms with Crippen LogP contribution in [0.15, 0.2) is 0 Å². The number of hydrogen-bond donors (Lipinski definition) is 3. The second-order valence-corrected chi connectivity index (χ2v) is 5.63. The van der Waals surface area contributed by atoms with E-state index in [4.69, 9.17) is 5.11 Å². The predicted molar refractivity (Wildman–Crippen MR) is 73.9 cm³/mol. The molecule has 20 heavy (non-hydrogen) atoms. The first-order chi connectivity index (χ1) is 9.36. The zero-order valence-corrected chi connectivity index (χ0v) is 12.3. The molecule has 0 aromatic carbocycles. The van der Waals surface area contributed by atoms with E-state index in [1.807, 2.05) is 13.8 Å². The zero-order chi connectivity index (χ0) is 15.3. The summed E-state index contributed by atoms with van der Waals surface area (Å²) in [4.78, 5) is 34.3. The lowest BCUT2D eigenvalue weighted by atomic mass is 9.99. The van der Waals surface area contributed by atoms with Gasteiger partial charge >= 0.3 is 5.97 Å². The Morgan fingerprint density at radius 2 is 1.95 bits per heavy atom. The first-order valence-electron chi connectivity index (χ1n) is 7.16. The standard InChI is InChI=1S/C14H24N2O4/c1-4-8(2)12(14(19)20)16-11(17)5-6-15-13(18)10-7-9(10)3/h8-10,12H,4-7H2,1-3H3,(H,15,18)(H,16,17)(H,19,20). The number of amides is 2. The molecule has 0 aromatic heterocycles. The smallest absolute Gasteiger partial charge is 0.326 e. The van der Waals surface area contributed by atoms with Gasteiger partial charge < -0.3 is 15.7 Å². The van der Waals surface area contributed by atoms with E-state index in [1.165, 1.54) is 0 Å². The molecule has 6 nitrogen and oxygen atoms in total. The van der Waals surface area contributed by atoms with Crippen molar-refractivity contribution in [2.45, 2.75) is 46.1 Å². The van der Waals surface area contributed by atoms with Gasteiger partial charge in [-0.05, 0) is 18.3 Å². The van der Waals surface area contributed by atoms with Crippen molar-refractivity contribution in [3.8, 4) is 0 Å². The third-order valence-electron chi connectivity index (χ3n) is 3.89. The van der Waals surface area contributed by atoms with E-state index in [0.29, 0.717) is 12.3 Å². The van der Waals surface area contributed by atoms with Gasteiger partial charge in [0.15, 0.2) is 0 Å². The topological polar surface area (TPSA) is 95.5 Å². The molecule has 4 atom stereocenters. The first kappa shape index (κ1) is 16.5. The van der Waals surface area contributed by atoms with Crippen molar-refractivity contribution < 1.29 is 19.5 Å². The number of rotatable bonds is 8. The number of carboxylic acids is 1. The molecular formula is C14H24N2O4. The molecule has 114 valence electrons. The second-order valence-electron chi connectivity index (χ2n) is 5.63. The van der Waals surface area contributed by atoms with Crippen LogP contribution in [0.4, 0.5) is 0 Å². The van der Waals surface area contributed by atoms with Gasteiger partial charge in [0.2, 0.25) is 11.8 Å². The summed E-state index contributed by atoms with van der Waals surface area (Å²) in [6, 6.07) is -0.869. The summed E-state index contributed by atoms with van der Waals surface area (Å²) in [5, 5.41) is 14.3. The van der Waals surface area contributed by atoms with Gasteiger partial charge in [-0.1, -0.05) is 27.2 Å². The minimum atomic E-state index is -1.02. The summed E-state index contributed by atoms with van der Waals surface area (Å²) >= 11 is 0. The largest absolute Gasteiger partial charge is 0.480 e. The Balaban J connectivity index is 2.27. The molecule has 1 fully saturated rings. The van der Waals surface area contributed by atoms with Crippen LogP contribution in [0.25, 0.3) is 0 Å². The van der Waals surface area contributed by atoms with Crippen LogP contribution in [0, 0.1) is 17.8 Å². The molecule has 0 spiro atoms. The number of nitrogens with one attached hydrogen (secondary N) is 2. The molecule has 0 aliphatic heterocycles. The molecule has 0 saturated heterocycles. The summed E-state index contributed by atoms with van der Waals surface area (Å²) in [5.74, 6) is -0.985. The third-order valence-corrected chi connectivity index (χ3v) is 3.89. The molecule has 1 aliphatic rings. The molecule has 0 aromatic rings. The Bertz CT molecular complexity index is 383. The summed E-state index contributed by atoms with van der Waals surface area (Å²) in [6.07, 6.45) is 1.69. The lowest BCUT2D eigenvalue weighted by molar-refractivity contribution is -0.143. The lowest BCUT2D eigenvalue weighted by Gasteiger charge is -2.20. The lowest BCUT2D eigenvalue weighted by Crippen LogP contribution is -2.45. The van der Waals surface area contributed by atoms with E-state index in [1.54, 1.807) is 6.92 Å². The van der Waals surface area contributed by atoms with E-state index >= 15 is 0 Å². The van der Waals surface area contributed by atoms with Gasteiger partial charge in [-0.15, -0.1) is 0 Å². The van der Waals surface area contributed by atoms with Gasteiger partial charge in [0.05, 0.1) is 0 Å². The van der Waals surface area contributed by atoms with Crippen molar-refractivity contribution in [2.24, 2.45) is 17.8 Å². The summed E-state index contributed by atoms with van der Waals surface area (Å²) < 4.78 is 0. The van der Waals surface area contributed by atoms with E-state index < -0.39 is 12.0 Å². The Kier molecular flexibility index (Phi) is 5.98. The maximum absolute atomic E-state index is 11.7. The van der Waals surface area contributed by atoms with Crippen molar-refractivity contribution in [2.75, 3.05) is 6.54 Å². The van der Waals surface area contributed by atoms with Gasteiger partial charge in [-0.3, -0.25) is 9.59 Å². The highest BCUT2D eigenvalue weighted by Gasteiger charge is 2.38. The molecule has 4 unspecified atom stereocenters. The number of hydrogen-bond acceptors (Lipinski definition) is 3. The fraction of sp³-hybridized carbons (Fsp3) is 0.786. The number of carbonyl (C=O) groups excluding carboxylic acids is 2. The zero-order valence-electron chi connectivity index (χ0n) is 12.3. The second kappa shape index (κ2) is 7.26. The van der Waals surface area contributed by atoms with Crippen molar-refractivity contribution >= 4 is 17.8 Å². The SMILES string of the molecule is CCC(C)C(NC(=O)CCNC(=O)C1CC1C)C(=O)O. The Morgan fingerprint density at radius 1 is 1.35 bits per heavy atom. The van der Waals surface area contributed by atoms with E-state index in [2.05, 4.69) is 10.6 Å². The average molecular weight is 284 g/mol. The molecule has 1 rings (SSSR count).